The van der Waals surface area contributed by atoms with Gasteiger partial charge in [0.2, 0.25) is 0 Å². The van der Waals surface area contributed by atoms with Crippen LogP contribution in [0.3, 0.4) is 0 Å². The second-order valence-electron chi connectivity index (χ2n) is 7.30. The van der Waals surface area contributed by atoms with E-state index in [-0.39, 0.29) is 17.3 Å². The second-order valence-corrected chi connectivity index (χ2v) is 8.98. The highest BCUT2D eigenvalue weighted by Crippen LogP contribution is 2.27. The van der Waals surface area contributed by atoms with Crippen LogP contribution < -0.4 is 19.5 Å². The zero-order chi connectivity index (χ0) is 24.0. The Bertz CT molecular complexity index is 1210. The van der Waals surface area contributed by atoms with E-state index in [1.807, 2.05) is 6.07 Å². The fourth-order valence-electron chi connectivity index (χ4n) is 3.10. The summed E-state index contributed by atoms with van der Waals surface area (Å²) in [5.74, 6) is 0.874. The molecule has 0 spiro atoms. The SMILES string of the molecule is COc1ccc(CNC(=O)c2ccc(NS(=O)(=O)c3ccc([C@@H](C)O)cc3)cc2)cc1OC. The summed E-state index contributed by atoms with van der Waals surface area (Å²) in [5, 5.41) is 12.4. The van der Waals surface area contributed by atoms with Gasteiger partial charge in [0.1, 0.15) is 0 Å². The van der Waals surface area contributed by atoms with E-state index in [4.69, 9.17) is 9.47 Å². The third-order valence-corrected chi connectivity index (χ3v) is 6.37. The number of anilines is 1. The van der Waals surface area contributed by atoms with E-state index in [1.165, 1.54) is 24.3 Å². The third kappa shape index (κ3) is 6.03. The van der Waals surface area contributed by atoms with Crippen LogP contribution in [0, 0.1) is 0 Å². The molecule has 3 N–H and O–H groups in total. The van der Waals surface area contributed by atoms with Gasteiger partial charge in [-0.3, -0.25) is 9.52 Å². The number of sulfonamides is 1. The van der Waals surface area contributed by atoms with Crippen LogP contribution in [-0.2, 0) is 16.6 Å². The molecular weight excluding hydrogens is 444 g/mol. The molecule has 9 heteroatoms. The van der Waals surface area contributed by atoms with Crippen LogP contribution in [0.4, 0.5) is 5.69 Å². The number of aliphatic hydroxyl groups is 1. The lowest BCUT2D eigenvalue weighted by molar-refractivity contribution is 0.0951. The number of benzene rings is 3. The number of hydrogen-bond acceptors (Lipinski definition) is 6. The van der Waals surface area contributed by atoms with Crippen molar-refractivity contribution in [1.29, 1.82) is 0 Å². The summed E-state index contributed by atoms with van der Waals surface area (Å²) in [5.41, 5.74) is 2.18. The topological polar surface area (TPSA) is 114 Å². The van der Waals surface area contributed by atoms with Crippen LogP contribution in [0.2, 0.25) is 0 Å². The van der Waals surface area contributed by atoms with E-state index in [9.17, 15) is 18.3 Å². The summed E-state index contributed by atoms with van der Waals surface area (Å²) in [4.78, 5) is 12.5. The van der Waals surface area contributed by atoms with E-state index in [0.717, 1.165) is 5.56 Å². The second kappa shape index (κ2) is 10.4. The smallest absolute Gasteiger partial charge is 0.261 e. The lowest BCUT2D eigenvalue weighted by atomic mass is 10.1. The molecule has 0 unspecified atom stereocenters. The van der Waals surface area contributed by atoms with Gasteiger partial charge in [-0.25, -0.2) is 8.42 Å². The molecule has 0 heterocycles. The Morgan fingerprint density at radius 1 is 0.939 bits per heavy atom. The minimum atomic E-state index is -3.80. The van der Waals surface area contributed by atoms with E-state index >= 15 is 0 Å². The van der Waals surface area contributed by atoms with Crippen LogP contribution in [-0.4, -0.2) is 33.7 Å². The van der Waals surface area contributed by atoms with E-state index in [2.05, 4.69) is 10.0 Å². The van der Waals surface area contributed by atoms with Gasteiger partial charge in [-0.2, -0.15) is 0 Å². The summed E-state index contributed by atoms with van der Waals surface area (Å²) >= 11 is 0. The van der Waals surface area contributed by atoms with Crippen molar-refractivity contribution in [2.24, 2.45) is 0 Å². The first-order chi connectivity index (χ1) is 15.7. The highest BCUT2D eigenvalue weighted by Gasteiger charge is 2.15. The van der Waals surface area contributed by atoms with E-state index in [1.54, 1.807) is 57.5 Å². The molecular formula is C24H26N2O6S. The van der Waals surface area contributed by atoms with Gasteiger partial charge in [0.15, 0.2) is 11.5 Å². The number of nitrogens with one attached hydrogen (secondary N) is 2. The lowest BCUT2D eigenvalue weighted by Gasteiger charge is -2.11. The van der Waals surface area contributed by atoms with Crippen LogP contribution >= 0.6 is 0 Å². The average Bonchev–Trinajstić information content (AvgIpc) is 2.82. The summed E-state index contributed by atoms with van der Waals surface area (Å²) < 4.78 is 38.1. The van der Waals surface area contributed by atoms with E-state index < -0.39 is 16.1 Å². The summed E-state index contributed by atoms with van der Waals surface area (Å²) in [6.07, 6.45) is -0.680. The molecule has 0 saturated heterocycles. The summed E-state index contributed by atoms with van der Waals surface area (Å²) in [6.45, 7) is 1.89. The Balaban J connectivity index is 1.63. The normalized spacial score (nSPS) is 12.0. The number of carbonyl (C=O) groups is 1. The highest BCUT2D eigenvalue weighted by molar-refractivity contribution is 7.92. The monoisotopic (exact) mass is 470 g/mol. The first kappa shape index (κ1) is 24.1. The zero-order valence-corrected chi connectivity index (χ0v) is 19.3. The fraction of sp³-hybridized carbons (Fsp3) is 0.208. The van der Waals surface area contributed by atoms with Crippen molar-refractivity contribution in [1.82, 2.24) is 5.32 Å². The number of aliphatic hydroxyl groups excluding tert-OH is 1. The molecule has 3 rings (SSSR count). The Hall–Kier alpha value is -3.56. The molecule has 0 fully saturated rings. The third-order valence-electron chi connectivity index (χ3n) is 4.97. The van der Waals surface area contributed by atoms with Crippen molar-refractivity contribution in [2.45, 2.75) is 24.5 Å². The molecule has 33 heavy (non-hydrogen) atoms. The molecule has 0 saturated carbocycles. The minimum absolute atomic E-state index is 0.0728. The summed E-state index contributed by atoms with van der Waals surface area (Å²) in [6, 6.07) is 17.5. The van der Waals surface area contributed by atoms with Crippen LogP contribution in [0.1, 0.15) is 34.5 Å². The molecule has 1 atom stereocenters. The zero-order valence-electron chi connectivity index (χ0n) is 18.5. The molecule has 174 valence electrons. The predicted molar refractivity (Wildman–Crippen MR) is 125 cm³/mol. The maximum absolute atomic E-state index is 12.6. The molecule has 8 nitrogen and oxygen atoms in total. The molecule has 0 aliphatic rings. The largest absolute Gasteiger partial charge is 0.493 e. The average molecular weight is 471 g/mol. The summed E-state index contributed by atoms with van der Waals surface area (Å²) in [7, 11) is -0.708. The van der Waals surface area contributed by atoms with Gasteiger partial charge in [0, 0.05) is 17.8 Å². The van der Waals surface area contributed by atoms with Crippen molar-refractivity contribution < 1.29 is 27.8 Å². The number of methoxy groups -OCH3 is 2. The van der Waals surface area contributed by atoms with Gasteiger partial charge in [0.25, 0.3) is 15.9 Å². The highest BCUT2D eigenvalue weighted by atomic mass is 32.2. The van der Waals surface area contributed by atoms with Gasteiger partial charge in [-0.05, 0) is 66.6 Å². The molecule has 0 bridgehead atoms. The first-order valence-electron chi connectivity index (χ1n) is 10.1. The maximum Gasteiger partial charge on any atom is 0.261 e. The van der Waals surface area contributed by atoms with Crippen molar-refractivity contribution >= 4 is 21.6 Å². The number of hydrogen-bond donors (Lipinski definition) is 3. The standard InChI is InChI=1S/C24H26N2O6S/c1-16(27)18-7-11-21(12-8-18)33(29,30)26-20-9-5-19(6-10-20)24(28)25-15-17-4-13-22(31-2)23(14-17)32-3/h4-14,16,26-27H,15H2,1-3H3,(H,25,28)/t16-/m1/s1. The fourth-order valence-corrected chi connectivity index (χ4v) is 4.16. The number of amides is 1. The number of carbonyl (C=O) groups excluding carboxylic acids is 1. The van der Waals surface area contributed by atoms with E-state index in [0.29, 0.717) is 28.3 Å². The Kier molecular flexibility index (Phi) is 7.57. The molecule has 0 aliphatic carbocycles. The van der Waals surface area contributed by atoms with Gasteiger partial charge in [-0.1, -0.05) is 18.2 Å². The van der Waals surface area contributed by atoms with Crippen molar-refractivity contribution in [2.75, 3.05) is 18.9 Å². The molecule has 0 aliphatic heterocycles. The quantitative estimate of drug-likeness (QED) is 0.441. The number of rotatable bonds is 9. The molecule has 3 aromatic carbocycles. The molecule has 1 amide bonds. The van der Waals surface area contributed by atoms with Gasteiger partial charge >= 0.3 is 0 Å². The molecule has 0 radical (unpaired) electrons. The van der Waals surface area contributed by atoms with Crippen LogP contribution in [0.25, 0.3) is 0 Å². The van der Waals surface area contributed by atoms with Gasteiger partial charge in [-0.15, -0.1) is 0 Å². The van der Waals surface area contributed by atoms with Crippen molar-refractivity contribution in [3.63, 3.8) is 0 Å². The van der Waals surface area contributed by atoms with Gasteiger partial charge < -0.3 is 19.9 Å². The minimum Gasteiger partial charge on any atom is -0.493 e. The molecule has 0 aromatic heterocycles. The van der Waals surface area contributed by atoms with Crippen molar-refractivity contribution in [3.05, 3.63) is 83.4 Å². The lowest BCUT2D eigenvalue weighted by Crippen LogP contribution is -2.22. The number of ether oxygens (including phenoxy) is 2. The Labute approximate surface area is 193 Å². The van der Waals surface area contributed by atoms with Crippen LogP contribution in [0.5, 0.6) is 11.5 Å². The molecule has 3 aromatic rings. The Morgan fingerprint density at radius 3 is 2.15 bits per heavy atom. The maximum atomic E-state index is 12.6. The van der Waals surface area contributed by atoms with Gasteiger partial charge in [0.05, 0.1) is 25.2 Å². The Morgan fingerprint density at radius 2 is 1.58 bits per heavy atom. The first-order valence-corrected chi connectivity index (χ1v) is 11.6. The van der Waals surface area contributed by atoms with Crippen LogP contribution in [0.15, 0.2) is 71.6 Å². The van der Waals surface area contributed by atoms with Crippen molar-refractivity contribution in [3.8, 4) is 11.5 Å². The predicted octanol–water partition coefficient (Wildman–Crippen LogP) is 3.49.